The first kappa shape index (κ1) is 13.8. The van der Waals surface area contributed by atoms with Crippen LogP contribution in [0.4, 0.5) is 5.69 Å². The van der Waals surface area contributed by atoms with Gasteiger partial charge in [0.05, 0.1) is 10.6 Å². The van der Waals surface area contributed by atoms with Crippen LogP contribution in [0.2, 0.25) is 0 Å². The first-order valence-electron chi connectivity index (χ1n) is 5.72. The number of nitrogens with one attached hydrogen (secondary N) is 1. The molecule has 5 heteroatoms. The van der Waals surface area contributed by atoms with Crippen LogP contribution in [0.1, 0.15) is 16.6 Å². The largest absolute Gasteiger partial charge is 0.326 e. The summed E-state index contributed by atoms with van der Waals surface area (Å²) in [6.45, 7) is 1.47. The van der Waals surface area contributed by atoms with E-state index >= 15 is 0 Å². The van der Waals surface area contributed by atoms with Gasteiger partial charge in [-0.25, -0.2) is 0 Å². The maximum absolute atomic E-state index is 11.8. The first-order valence-corrected chi connectivity index (χ1v) is 7.59. The standard InChI is InChI=1S/C14H13NO2S2/c1-10(16)15-11-4-6-12(7-5-11)19-9-13(17)14-3-2-8-18-14/h2-8H,9H2,1H3,(H,15,16). The number of Topliss-reactive ketones (excluding diaryl/α,β-unsaturated/α-hetero) is 1. The highest BCUT2D eigenvalue weighted by Gasteiger charge is 2.07. The van der Waals surface area contributed by atoms with Crippen LogP contribution in [0, 0.1) is 0 Å². The number of carbonyl (C=O) groups is 2. The smallest absolute Gasteiger partial charge is 0.221 e. The van der Waals surface area contributed by atoms with Crippen LogP contribution in [-0.2, 0) is 4.79 Å². The number of thioether (sulfide) groups is 1. The van der Waals surface area contributed by atoms with E-state index in [-0.39, 0.29) is 11.7 Å². The van der Waals surface area contributed by atoms with E-state index in [4.69, 9.17) is 0 Å². The molecule has 0 unspecified atom stereocenters. The molecule has 98 valence electrons. The van der Waals surface area contributed by atoms with Crippen LogP contribution in [0.25, 0.3) is 0 Å². The van der Waals surface area contributed by atoms with Crippen LogP contribution in [0.15, 0.2) is 46.7 Å². The molecule has 1 heterocycles. The van der Waals surface area contributed by atoms with Gasteiger partial charge in [-0.2, -0.15) is 0 Å². The molecule has 0 saturated carbocycles. The van der Waals surface area contributed by atoms with Gasteiger partial charge < -0.3 is 5.32 Å². The maximum atomic E-state index is 11.8. The number of carbonyl (C=O) groups excluding carboxylic acids is 2. The van der Waals surface area contributed by atoms with Gasteiger partial charge in [0.15, 0.2) is 5.78 Å². The molecular formula is C14H13NO2S2. The Morgan fingerprint density at radius 1 is 1.21 bits per heavy atom. The fourth-order valence-corrected chi connectivity index (χ4v) is 3.03. The third-order valence-electron chi connectivity index (χ3n) is 2.34. The molecule has 1 N–H and O–H groups in total. The summed E-state index contributed by atoms with van der Waals surface area (Å²) >= 11 is 2.96. The minimum absolute atomic E-state index is 0.0896. The van der Waals surface area contributed by atoms with E-state index in [0.29, 0.717) is 5.75 Å². The van der Waals surface area contributed by atoms with Crippen molar-refractivity contribution in [3.63, 3.8) is 0 Å². The zero-order chi connectivity index (χ0) is 13.7. The van der Waals surface area contributed by atoms with Gasteiger partial charge in [-0.05, 0) is 35.7 Å². The predicted octanol–water partition coefficient (Wildman–Crippen LogP) is 3.68. The molecule has 2 rings (SSSR count). The molecule has 3 nitrogen and oxygen atoms in total. The Morgan fingerprint density at radius 2 is 1.95 bits per heavy atom. The molecule has 19 heavy (non-hydrogen) atoms. The highest BCUT2D eigenvalue weighted by Crippen LogP contribution is 2.22. The van der Waals surface area contributed by atoms with E-state index in [1.807, 2.05) is 41.8 Å². The van der Waals surface area contributed by atoms with Gasteiger partial charge in [0.25, 0.3) is 0 Å². The zero-order valence-electron chi connectivity index (χ0n) is 10.4. The highest BCUT2D eigenvalue weighted by molar-refractivity contribution is 8.00. The van der Waals surface area contributed by atoms with Gasteiger partial charge in [0.1, 0.15) is 0 Å². The molecule has 2 aromatic rings. The number of ketones is 1. The van der Waals surface area contributed by atoms with Crippen molar-refractivity contribution in [3.05, 3.63) is 46.7 Å². The molecule has 1 aromatic carbocycles. The summed E-state index contributed by atoms with van der Waals surface area (Å²) in [5.41, 5.74) is 0.765. The number of hydrogen-bond donors (Lipinski definition) is 1. The van der Waals surface area contributed by atoms with E-state index in [1.165, 1.54) is 30.0 Å². The van der Waals surface area contributed by atoms with Crippen molar-refractivity contribution in [2.45, 2.75) is 11.8 Å². The van der Waals surface area contributed by atoms with E-state index in [9.17, 15) is 9.59 Å². The number of thiophene rings is 1. The average Bonchev–Trinajstić information content (AvgIpc) is 2.91. The molecule has 0 aliphatic rings. The predicted molar refractivity (Wildman–Crippen MR) is 80.1 cm³/mol. The van der Waals surface area contributed by atoms with Gasteiger partial charge >= 0.3 is 0 Å². The maximum Gasteiger partial charge on any atom is 0.221 e. The van der Waals surface area contributed by atoms with E-state index in [2.05, 4.69) is 5.32 Å². The minimum Gasteiger partial charge on any atom is -0.326 e. The highest BCUT2D eigenvalue weighted by atomic mass is 32.2. The Labute approximate surface area is 120 Å². The van der Waals surface area contributed by atoms with Gasteiger partial charge in [0, 0.05) is 17.5 Å². The third-order valence-corrected chi connectivity index (χ3v) is 4.26. The Morgan fingerprint density at radius 3 is 2.53 bits per heavy atom. The molecule has 0 fully saturated rings. The van der Waals surface area contributed by atoms with Gasteiger partial charge in [-0.3, -0.25) is 9.59 Å². The lowest BCUT2D eigenvalue weighted by atomic mass is 10.3. The summed E-state index contributed by atoms with van der Waals surface area (Å²) in [4.78, 5) is 24.5. The number of anilines is 1. The Kier molecular flexibility index (Phi) is 4.76. The first-order chi connectivity index (χ1) is 9.15. The number of rotatable bonds is 5. The van der Waals surface area contributed by atoms with Crippen LogP contribution < -0.4 is 5.32 Å². The van der Waals surface area contributed by atoms with Crippen LogP contribution in [0.3, 0.4) is 0 Å². The average molecular weight is 291 g/mol. The number of amides is 1. The lowest BCUT2D eigenvalue weighted by Gasteiger charge is -2.04. The summed E-state index contributed by atoms with van der Waals surface area (Å²) in [6.07, 6.45) is 0. The minimum atomic E-state index is -0.0896. The van der Waals surface area contributed by atoms with Crippen LogP contribution in [0.5, 0.6) is 0 Å². The van der Waals surface area contributed by atoms with Crippen molar-refractivity contribution in [1.29, 1.82) is 0 Å². The summed E-state index contributed by atoms with van der Waals surface area (Å²) in [7, 11) is 0. The summed E-state index contributed by atoms with van der Waals surface area (Å²) in [6, 6.07) is 11.2. The normalized spacial score (nSPS) is 10.2. The van der Waals surface area contributed by atoms with Crippen molar-refractivity contribution in [1.82, 2.24) is 0 Å². The molecule has 0 atom stereocenters. The quantitative estimate of drug-likeness (QED) is 0.675. The Balaban J connectivity index is 1.89. The second-order valence-electron chi connectivity index (χ2n) is 3.89. The van der Waals surface area contributed by atoms with Crippen molar-refractivity contribution < 1.29 is 9.59 Å². The van der Waals surface area contributed by atoms with Crippen molar-refractivity contribution in [2.24, 2.45) is 0 Å². The molecule has 0 saturated heterocycles. The monoisotopic (exact) mass is 291 g/mol. The van der Waals surface area contributed by atoms with E-state index in [1.54, 1.807) is 0 Å². The molecule has 0 aliphatic heterocycles. The molecule has 0 aliphatic carbocycles. The SMILES string of the molecule is CC(=O)Nc1ccc(SCC(=O)c2cccs2)cc1. The number of benzene rings is 1. The van der Waals surface area contributed by atoms with Crippen LogP contribution >= 0.6 is 23.1 Å². The second-order valence-corrected chi connectivity index (χ2v) is 5.89. The topological polar surface area (TPSA) is 46.2 Å². The third kappa shape index (κ3) is 4.22. The lowest BCUT2D eigenvalue weighted by Crippen LogP contribution is -2.05. The fraction of sp³-hybridized carbons (Fsp3) is 0.143. The summed E-state index contributed by atoms with van der Waals surface area (Å²) in [5, 5.41) is 4.61. The fourth-order valence-electron chi connectivity index (χ4n) is 1.49. The molecule has 0 bridgehead atoms. The summed E-state index contributed by atoms with van der Waals surface area (Å²) < 4.78 is 0. The lowest BCUT2D eigenvalue weighted by molar-refractivity contribution is -0.114. The van der Waals surface area contributed by atoms with Crippen molar-refractivity contribution >= 4 is 40.5 Å². The van der Waals surface area contributed by atoms with Crippen molar-refractivity contribution in [2.75, 3.05) is 11.1 Å². The van der Waals surface area contributed by atoms with Crippen LogP contribution in [-0.4, -0.2) is 17.4 Å². The molecule has 0 spiro atoms. The van der Waals surface area contributed by atoms with Crippen molar-refractivity contribution in [3.8, 4) is 0 Å². The summed E-state index contributed by atoms with van der Waals surface area (Å²) in [5.74, 6) is 0.485. The molecule has 1 amide bonds. The Hall–Kier alpha value is -1.59. The molecule has 1 aromatic heterocycles. The second kappa shape index (κ2) is 6.54. The van der Waals surface area contributed by atoms with E-state index in [0.717, 1.165) is 15.5 Å². The van der Waals surface area contributed by atoms with Gasteiger partial charge in [0.2, 0.25) is 5.91 Å². The Bertz CT molecular complexity index is 562. The molecule has 0 radical (unpaired) electrons. The zero-order valence-corrected chi connectivity index (χ0v) is 12.0. The van der Waals surface area contributed by atoms with Gasteiger partial charge in [-0.15, -0.1) is 23.1 Å². The molecular weight excluding hydrogens is 278 g/mol. The van der Waals surface area contributed by atoms with Gasteiger partial charge in [-0.1, -0.05) is 6.07 Å². The van der Waals surface area contributed by atoms with E-state index < -0.39 is 0 Å². The number of hydrogen-bond acceptors (Lipinski definition) is 4.